The third kappa shape index (κ3) is 6.25. The van der Waals surface area contributed by atoms with Crippen LogP contribution in [0.1, 0.15) is 45.1 Å². The van der Waals surface area contributed by atoms with Crippen LogP contribution in [-0.4, -0.2) is 43.1 Å². The lowest BCUT2D eigenvalue weighted by molar-refractivity contribution is 0.250. The number of carbonyl (C=O) groups is 1. The summed E-state index contributed by atoms with van der Waals surface area (Å²) >= 11 is 0. The molecule has 7 heteroatoms. The number of halogens is 1. The summed E-state index contributed by atoms with van der Waals surface area (Å²) in [6.07, 6.45) is 5.52. The van der Waals surface area contributed by atoms with E-state index in [0.717, 1.165) is 43.1 Å². The topological polar surface area (TPSA) is 68.8 Å². The molecule has 1 heterocycles. The maximum absolute atomic E-state index is 11.8. The predicted octanol–water partition coefficient (Wildman–Crippen LogP) is 4.03. The monoisotopic (exact) mass is 499 g/mol. The molecule has 1 aliphatic carbocycles. The van der Waals surface area contributed by atoms with Crippen LogP contribution in [0.3, 0.4) is 0 Å². The molecule has 28 heavy (non-hydrogen) atoms. The van der Waals surface area contributed by atoms with Gasteiger partial charge in [-0.15, -0.1) is 24.0 Å². The van der Waals surface area contributed by atoms with Gasteiger partial charge >= 0.3 is 6.03 Å². The fourth-order valence-corrected chi connectivity index (χ4v) is 4.23. The Bertz CT molecular complexity index is 647. The van der Waals surface area contributed by atoms with Crippen LogP contribution in [0.5, 0.6) is 0 Å². The Balaban J connectivity index is 0.00000280. The van der Waals surface area contributed by atoms with E-state index >= 15 is 0 Å². The van der Waals surface area contributed by atoms with Crippen LogP contribution in [0.2, 0.25) is 0 Å². The summed E-state index contributed by atoms with van der Waals surface area (Å²) in [6.45, 7) is 6.89. The van der Waals surface area contributed by atoms with Crippen LogP contribution in [0, 0.1) is 11.8 Å². The summed E-state index contributed by atoms with van der Waals surface area (Å²) in [5.41, 5.74) is 1.97. The van der Waals surface area contributed by atoms with Gasteiger partial charge in [-0.25, -0.2) is 4.79 Å². The number of likely N-dealkylation sites (tertiary alicyclic amines) is 1. The normalized spacial score (nSPS) is 21.7. The smallest absolute Gasteiger partial charge is 0.319 e. The Morgan fingerprint density at radius 2 is 1.75 bits per heavy atom. The molecule has 1 aromatic carbocycles. The van der Waals surface area contributed by atoms with Crippen molar-refractivity contribution in [2.45, 2.75) is 52.1 Å². The van der Waals surface area contributed by atoms with Crippen LogP contribution < -0.4 is 16.0 Å². The van der Waals surface area contributed by atoms with Crippen molar-refractivity contribution < 1.29 is 4.79 Å². The minimum absolute atomic E-state index is 0. The van der Waals surface area contributed by atoms with E-state index in [4.69, 9.17) is 0 Å². The molecule has 2 aliphatic rings. The highest BCUT2D eigenvalue weighted by atomic mass is 127. The molecule has 0 spiro atoms. The van der Waals surface area contributed by atoms with Crippen molar-refractivity contribution in [3.05, 3.63) is 29.8 Å². The molecule has 2 unspecified atom stereocenters. The van der Waals surface area contributed by atoms with Crippen molar-refractivity contribution in [3.8, 4) is 0 Å². The second-order valence-corrected chi connectivity index (χ2v) is 8.06. The quantitative estimate of drug-likeness (QED) is 0.333. The number of amides is 2. The summed E-state index contributed by atoms with van der Waals surface area (Å²) in [5.74, 6) is 2.70. The summed E-state index contributed by atoms with van der Waals surface area (Å²) in [6, 6.07) is 7.89. The van der Waals surface area contributed by atoms with Gasteiger partial charge in [0, 0.05) is 38.4 Å². The average Bonchev–Trinajstić information content (AvgIpc) is 3.07. The highest BCUT2D eigenvalue weighted by molar-refractivity contribution is 14.0. The van der Waals surface area contributed by atoms with E-state index in [0.29, 0.717) is 0 Å². The van der Waals surface area contributed by atoms with E-state index in [9.17, 15) is 4.79 Å². The summed E-state index contributed by atoms with van der Waals surface area (Å²) in [4.78, 5) is 18.7. The van der Waals surface area contributed by atoms with Gasteiger partial charge in [0.15, 0.2) is 5.96 Å². The molecule has 0 aromatic heterocycles. The van der Waals surface area contributed by atoms with Gasteiger partial charge in [0.05, 0.1) is 0 Å². The molecule has 6 nitrogen and oxygen atoms in total. The van der Waals surface area contributed by atoms with E-state index in [1.807, 2.05) is 45.2 Å². The van der Waals surface area contributed by atoms with E-state index in [2.05, 4.69) is 25.8 Å². The number of urea groups is 1. The number of benzene rings is 1. The Hall–Kier alpha value is -1.51. The maximum atomic E-state index is 11.8. The fourth-order valence-electron chi connectivity index (χ4n) is 4.23. The highest BCUT2D eigenvalue weighted by Crippen LogP contribution is 2.35. The summed E-state index contributed by atoms with van der Waals surface area (Å²) in [7, 11) is 1.87. The molecule has 1 saturated heterocycles. The van der Waals surface area contributed by atoms with Crippen LogP contribution >= 0.6 is 24.0 Å². The number of nitrogens with zero attached hydrogens (tertiary/aromatic N) is 2. The molecule has 3 rings (SSSR count). The minimum Gasteiger partial charge on any atom is -0.352 e. The van der Waals surface area contributed by atoms with Crippen molar-refractivity contribution in [2.75, 3.05) is 25.5 Å². The van der Waals surface area contributed by atoms with Crippen molar-refractivity contribution in [1.29, 1.82) is 0 Å². The lowest BCUT2D eigenvalue weighted by atomic mass is 9.82. The number of nitrogens with one attached hydrogen (secondary N) is 3. The Kier molecular flexibility index (Phi) is 8.85. The maximum Gasteiger partial charge on any atom is 0.319 e. The number of fused-ring (bicyclic) bond motifs is 1. The largest absolute Gasteiger partial charge is 0.352 e. The second kappa shape index (κ2) is 10.9. The number of hydrogen-bond donors (Lipinski definition) is 3. The first-order chi connectivity index (χ1) is 13.0. The molecule has 2 fully saturated rings. The van der Waals surface area contributed by atoms with Gasteiger partial charge in [-0.3, -0.25) is 4.99 Å². The van der Waals surface area contributed by atoms with E-state index in [-0.39, 0.29) is 36.0 Å². The molecular formula is C21H34IN5O. The lowest BCUT2D eigenvalue weighted by Crippen LogP contribution is -2.39. The van der Waals surface area contributed by atoms with Gasteiger partial charge < -0.3 is 20.9 Å². The fraction of sp³-hybridized carbons (Fsp3) is 0.619. The zero-order valence-electron chi connectivity index (χ0n) is 17.2. The lowest BCUT2D eigenvalue weighted by Gasteiger charge is -2.22. The van der Waals surface area contributed by atoms with E-state index in [1.165, 1.54) is 31.2 Å². The van der Waals surface area contributed by atoms with Crippen LogP contribution in [-0.2, 0) is 6.54 Å². The first-order valence-electron chi connectivity index (χ1n) is 10.2. The standard InChI is InChI=1S/C21H33N5O.HI/c1-15(2)24-21(27)25-19-10-8-16(9-11-19)12-23-20(22-3)26-13-17-6-4-5-7-18(17)14-26;/h8-11,15,17-18H,4-7,12-14H2,1-3H3,(H,22,23)(H2,24,25,27);1H. The number of carbonyl (C=O) groups excluding carboxylic acids is 1. The van der Waals surface area contributed by atoms with Crippen LogP contribution in [0.15, 0.2) is 29.3 Å². The molecule has 2 atom stereocenters. The van der Waals surface area contributed by atoms with Gasteiger partial charge in [0.25, 0.3) is 0 Å². The van der Waals surface area contributed by atoms with Gasteiger partial charge in [-0.2, -0.15) is 0 Å². The second-order valence-electron chi connectivity index (χ2n) is 8.06. The minimum atomic E-state index is -0.174. The molecule has 1 aliphatic heterocycles. The first-order valence-corrected chi connectivity index (χ1v) is 10.2. The van der Waals surface area contributed by atoms with Crippen LogP contribution in [0.25, 0.3) is 0 Å². The SMILES string of the molecule is CN=C(NCc1ccc(NC(=O)NC(C)C)cc1)N1CC2CCCCC2C1.I. The molecule has 156 valence electrons. The van der Waals surface area contributed by atoms with E-state index in [1.54, 1.807) is 0 Å². The van der Waals surface area contributed by atoms with Crippen molar-refractivity contribution >= 4 is 41.7 Å². The predicted molar refractivity (Wildman–Crippen MR) is 126 cm³/mol. The van der Waals surface area contributed by atoms with Gasteiger partial charge in [0.2, 0.25) is 0 Å². The number of hydrogen-bond acceptors (Lipinski definition) is 2. The van der Waals surface area contributed by atoms with Gasteiger partial charge in [-0.05, 0) is 56.2 Å². The number of guanidine groups is 1. The molecule has 1 aromatic rings. The molecule has 1 saturated carbocycles. The molecule has 0 radical (unpaired) electrons. The first kappa shape index (κ1) is 22.8. The number of anilines is 1. The van der Waals surface area contributed by atoms with Crippen molar-refractivity contribution in [1.82, 2.24) is 15.5 Å². The third-order valence-electron chi connectivity index (χ3n) is 5.57. The summed E-state index contributed by atoms with van der Waals surface area (Å²) in [5, 5.41) is 9.17. The van der Waals surface area contributed by atoms with Gasteiger partial charge in [-0.1, -0.05) is 25.0 Å². The van der Waals surface area contributed by atoms with Crippen molar-refractivity contribution in [3.63, 3.8) is 0 Å². The average molecular weight is 499 g/mol. The number of aliphatic imine (C=N–C) groups is 1. The molecule has 0 bridgehead atoms. The van der Waals surface area contributed by atoms with Crippen molar-refractivity contribution in [2.24, 2.45) is 16.8 Å². The highest BCUT2D eigenvalue weighted by Gasteiger charge is 2.35. The van der Waals surface area contributed by atoms with E-state index < -0.39 is 0 Å². The molecular weight excluding hydrogens is 465 g/mol. The summed E-state index contributed by atoms with van der Waals surface area (Å²) < 4.78 is 0. The van der Waals surface area contributed by atoms with Gasteiger partial charge in [0.1, 0.15) is 0 Å². The molecule has 3 N–H and O–H groups in total. The van der Waals surface area contributed by atoms with Crippen LogP contribution in [0.4, 0.5) is 10.5 Å². The molecule has 2 amide bonds. The third-order valence-corrected chi connectivity index (χ3v) is 5.57. The number of rotatable bonds is 4. The Labute approximate surface area is 186 Å². The Morgan fingerprint density at radius 3 is 2.29 bits per heavy atom. The Morgan fingerprint density at radius 1 is 1.14 bits per heavy atom. The zero-order chi connectivity index (χ0) is 19.2. The zero-order valence-corrected chi connectivity index (χ0v) is 19.5.